The number of nitrogens with one attached hydrogen (secondary N) is 3. The highest BCUT2D eigenvalue weighted by Crippen LogP contribution is 2.09. The molecule has 17 heavy (non-hydrogen) atoms. The first-order chi connectivity index (χ1) is 7.77. The van der Waals surface area contributed by atoms with Crippen molar-refractivity contribution in [2.45, 2.75) is 32.1 Å². The Balaban J connectivity index is 0.00000144. The Labute approximate surface area is 109 Å². The molecule has 5 nitrogen and oxygen atoms in total. The van der Waals surface area contributed by atoms with Gasteiger partial charge in [0.2, 0.25) is 0 Å². The van der Waals surface area contributed by atoms with E-state index in [4.69, 9.17) is 10.8 Å². The molecule has 2 saturated heterocycles. The SMILES string of the molecule is Cl.N=C(NC(=N)N1CCCC1)N1CCCCC1. The Kier molecular flexibility index (Phi) is 5.55. The molecule has 0 amide bonds. The number of hydrogen-bond donors (Lipinski definition) is 3. The third-order valence-corrected chi connectivity index (χ3v) is 3.33. The lowest BCUT2D eigenvalue weighted by molar-refractivity contribution is 0.332. The topological polar surface area (TPSA) is 66.2 Å². The van der Waals surface area contributed by atoms with Crippen molar-refractivity contribution >= 4 is 24.3 Å². The van der Waals surface area contributed by atoms with E-state index in [1.54, 1.807) is 0 Å². The smallest absolute Gasteiger partial charge is 0.197 e. The van der Waals surface area contributed by atoms with Crippen molar-refractivity contribution in [3.8, 4) is 0 Å². The lowest BCUT2D eigenvalue weighted by Crippen LogP contribution is -2.49. The van der Waals surface area contributed by atoms with Crippen LogP contribution in [-0.2, 0) is 0 Å². The van der Waals surface area contributed by atoms with Gasteiger partial charge in [0.25, 0.3) is 0 Å². The number of likely N-dealkylation sites (tertiary alicyclic amines) is 2. The van der Waals surface area contributed by atoms with Gasteiger partial charge in [-0.1, -0.05) is 0 Å². The minimum Gasteiger partial charge on any atom is -0.343 e. The third kappa shape index (κ3) is 3.77. The quantitative estimate of drug-likeness (QED) is 0.456. The Bertz CT molecular complexity index is 269. The van der Waals surface area contributed by atoms with Crippen LogP contribution in [0.1, 0.15) is 32.1 Å². The van der Waals surface area contributed by atoms with Gasteiger partial charge < -0.3 is 9.80 Å². The van der Waals surface area contributed by atoms with Crippen LogP contribution < -0.4 is 5.32 Å². The Morgan fingerprint density at radius 2 is 1.06 bits per heavy atom. The third-order valence-electron chi connectivity index (χ3n) is 3.33. The van der Waals surface area contributed by atoms with E-state index in [-0.39, 0.29) is 12.4 Å². The molecule has 3 N–H and O–H groups in total. The van der Waals surface area contributed by atoms with Gasteiger partial charge in [-0.25, -0.2) is 0 Å². The Morgan fingerprint density at radius 1 is 0.706 bits per heavy atom. The summed E-state index contributed by atoms with van der Waals surface area (Å²) in [5.41, 5.74) is 0. The molecule has 0 bridgehead atoms. The molecule has 0 aromatic rings. The monoisotopic (exact) mass is 259 g/mol. The molecule has 0 radical (unpaired) electrons. The van der Waals surface area contributed by atoms with E-state index in [1.807, 2.05) is 9.80 Å². The molecular formula is C11H22ClN5. The van der Waals surface area contributed by atoms with Gasteiger partial charge in [0.15, 0.2) is 11.9 Å². The van der Waals surface area contributed by atoms with E-state index in [1.165, 1.54) is 32.1 Å². The molecule has 2 aliphatic heterocycles. The van der Waals surface area contributed by atoms with Gasteiger partial charge in [-0.3, -0.25) is 16.1 Å². The Hall–Kier alpha value is -0.970. The molecule has 6 heteroatoms. The summed E-state index contributed by atoms with van der Waals surface area (Å²) in [5.74, 6) is 0.796. The highest BCUT2D eigenvalue weighted by molar-refractivity contribution is 5.95. The molecule has 2 aliphatic rings. The number of rotatable bonds is 0. The fourth-order valence-electron chi connectivity index (χ4n) is 2.33. The highest BCUT2D eigenvalue weighted by atomic mass is 35.5. The number of piperidine rings is 1. The van der Waals surface area contributed by atoms with Gasteiger partial charge in [-0.05, 0) is 32.1 Å². The van der Waals surface area contributed by atoms with Crippen LogP contribution in [0.3, 0.4) is 0 Å². The normalized spacial score (nSPS) is 19.8. The second-order valence-corrected chi connectivity index (χ2v) is 4.56. The molecular weight excluding hydrogens is 238 g/mol. The standard InChI is InChI=1S/C11H21N5.ClH/c12-10(15-6-2-1-3-7-15)14-11(13)16-8-4-5-9-16;/h1-9H2,(H3,12,13,14);1H. The predicted molar refractivity (Wildman–Crippen MR) is 72.1 cm³/mol. The van der Waals surface area contributed by atoms with Crippen LogP contribution in [0.4, 0.5) is 0 Å². The van der Waals surface area contributed by atoms with Crippen molar-refractivity contribution in [3.05, 3.63) is 0 Å². The number of halogens is 1. The molecule has 0 spiro atoms. The van der Waals surface area contributed by atoms with Gasteiger partial charge in [0, 0.05) is 26.2 Å². The Morgan fingerprint density at radius 3 is 1.47 bits per heavy atom. The van der Waals surface area contributed by atoms with Crippen molar-refractivity contribution in [1.82, 2.24) is 15.1 Å². The molecule has 0 aromatic heterocycles. The maximum atomic E-state index is 7.92. The van der Waals surface area contributed by atoms with Gasteiger partial charge in [-0.15, -0.1) is 12.4 Å². The second-order valence-electron chi connectivity index (χ2n) is 4.56. The van der Waals surface area contributed by atoms with E-state index < -0.39 is 0 Å². The lowest BCUT2D eigenvalue weighted by Gasteiger charge is -2.30. The molecule has 2 rings (SSSR count). The average Bonchev–Trinajstić information content (AvgIpc) is 2.83. The summed E-state index contributed by atoms with van der Waals surface area (Å²) >= 11 is 0. The summed E-state index contributed by atoms with van der Waals surface area (Å²) in [6.07, 6.45) is 5.94. The zero-order valence-corrected chi connectivity index (χ0v) is 11.0. The van der Waals surface area contributed by atoms with Crippen molar-refractivity contribution in [1.29, 1.82) is 10.8 Å². The van der Waals surface area contributed by atoms with E-state index in [0.717, 1.165) is 26.2 Å². The molecule has 0 unspecified atom stereocenters. The summed E-state index contributed by atoms with van der Waals surface area (Å²) < 4.78 is 0. The van der Waals surface area contributed by atoms with Crippen LogP contribution in [0.2, 0.25) is 0 Å². The van der Waals surface area contributed by atoms with Crippen LogP contribution in [0.5, 0.6) is 0 Å². The molecule has 0 atom stereocenters. The van der Waals surface area contributed by atoms with Gasteiger partial charge in [0.05, 0.1) is 0 Å². The summed E-state index contributed by atoms with van der Waals surface area (Å²) in [5, 5.41) is 18.7. The fourth-order valence-corrected chi connectivity index (χ4v) is 2.33. The van der Waals surface area contributed by atoms with Crippen LogP contribution >= 0.6 is 12.4 Å². The summed E-state index contributed by atoms with van der Waals surface area (Å²) in [6, 6.07) is 0. The maximum Gasteiger partial charge on any atom is 0.197 e. The van der Waals surface area contributed by atoms with Gasteiger partial charge in [0.1, 0.15) is 0 Å². The van der Waals surface area contributed by atoms with Gasteiger partial charge in [-0.2, -0.15) is 0 Å². The number of nitrogens with zero attached hydrogens (tertiary/aromatic N) is 2. The minimum atomic E-state index is 0. The lowest BCUT2D eigenvalue weighted by atomic mass is 10.1. The fraction of sp³-hybridized carbons (Fsp3) is 0.818. The zero-order valence-electron chi connectivity index (χ0n) is 10.2. The summed E-state index contributed by atoms with van der Waals surface area (Å²) in [7, 11) is 0. The van der Waals surface area contributed by atoms with Crippen LogP contribution in [0.25, 0.3) is 0 Å². The summed E-state index contributed by atoms with van der Waals surface area (Å²) in [4.78, 5) is 4.05. The molecule has 0 aliphatic carbocycles. The van der Waals surface area contributed by atoms with E-state index >= 15 is 0 Å². The molecule has 0 saturated carbocycles. The molecule has 0 aromatic carbocycles. The first-order valence-electron chi connectivity index (χ1n) is 6.21. The van der Waals surface area contributed by atoms with Gasteiger partial charge >= 0.3 is 0 Å². The van der Waals surface area contributed by atoms with Crippen LogP contribution in [-0.4, -0.2) is 47.9 Å². The van der Waals surface area contributed by atoms with Crippen LogP contribution in [0.15, 0.2) is 0 Å². The first kappa shape index (κ1) is 14.1. The highest BCUT2D eigenvalue weighted by Gasteiger charge is 2.18. The molecule has 98 valence electrons. The van der Waals surface area contributed by atoms with Crippen molar-refractivity contribution in [2.24, 2.45) is 0 Å². The van der Waals surface area contributed by atoms with Crippen molar-refractivity contribution in [3.63, 3.8) is 0 Å². The number of guanidine groups is 2. The zero-order chi connectivity index (χ0) is 11.4. The van der Waals surface area contributed by atoms with Crippen molar-refractivity contribution < 1.29 is 0 Å². The predicted octanol–water partition coefficient (Wildman–Crippen LogP) is 1.45. The second kappa shape index (κ2) is 6.69. The first-order valence-corrected chi connectivity index (χ1v) is 6.21. The van der Waals surface area contributed by atoms with Crippen molar-refractivity contribution in [2.75, 3.05) is 26.2 Å². The maximum absolute atomic E-state index is 7.92. The summed E-state index contributed by atoms with van der Waals surface area (Å²) in [6.45, 7) is 3.83. The molecule has 2 heterocycles. The average molecular weight is 260 g/mol. The van der Waals surface area contributed by atoms with E-state index in [2.05, 4.69) is 5.32 Å². The van der Waals surface area contributed by atoms with Crippen LogP contribution in [0, 0.1) is 10.8 Å². The van der Waals surface area contributed by atoms with E-state index in [0.29, 0.717) is 11.9 Å². The minimum absolute atomic E-state index is 0. The number of hydrogen-bond acceptors (Lipinski definition) is 2. The van der Waals surface area contributed by atoms with E-state index in [9.17, 15) is 0 Å². The molecule has 2 fully saturated rings. The largest absolute Gasteiger partial charge is 0.343 e.